The topological polar surface area (TPSA) is 25.2 Å². The number of furan rings is 1. The Morgan fingerprint density at radius 1 is 1.11 bits per heavy atom. The maximum Gasteiger partial charge on any atom is 0.105 e. The molecule has 0 spiro atoms. The third kappa shape index (κ3) is 2.31. The van der Waals surface area contributed by atoms with Crippen LogP contribution in [0.1, 0.15) is 34.1 Å². The van der Waals surface area contributed by atoms with Gasteiger partial charge in [0, 0.05) is 10.6 Å². The van der Waals surface area contributed by atoms with Gasteiger partial charge in [-0.05, 0) is 56.6 Å². The molecule has 0 saturated carbocycles. The maximum absolute atomic E-state index is 6.15. The Morgan fingerprint density at radius 2 is 1.83 bits per heavy atom. The van der Waals surface area contributed by atoms with E-state index >= 15 is 0 Å². The van der Waals surface area contributed by atoms with Gasteiger partial charge in [-0.15, -0.1) is 0 Å². The summed E-state index contributed by atoms with van der Waals surface area (Å²) in [6.45, 7) is 6.10. The van der Waals surface area contributed by atoms with Crippen molar-refractivity contribution in [2.75, 3.05) is 7.05 Å². The molecule has 1 N–H and O–H groups in total. The first-order valence-corrected chi connectivity index (χ1v) is 6.40. The number of aryl methyl sites for hydroxylation is 3. The first-order valence-electron chi connectivity index (χ1n) is 6.02. The summed E-state index contributed by atoms with van der Waals surface area (Å²) in [5.41, 5.74) is 4.69. The average molecular weight is 264 g/mol. The second kappa shape index (κ2) is 5.17. The predicted molar refractivity (Wildman–Crippen MR) is 75.3 cm³/mol. The van der Waals surface area contributed by atoms with Crippen LogP contribution in [0, 0.1) is 20.8 Å². The van der Waals surface area contributed by atoms with E-state index in [1.54, 1.807) is 6.26 Å². The van der Waals surface area contributed by atoms with E-state index in [1.165, 1.54) is 16.7 Å². The molecule has 1 aromatic heterocycles. The zero-order chi connectivity index (χ0) is 13.3. The number of halogens is 1. The standard InChI is InChI=1S/C15H18ClNO/c1-9-8-14(16)10(2)7-13(9)15(17-4)12-5-6-18-11(12)3/h5-8,15,17H,1-4H3. The number of hydrogen-bond donors (Lipinski definition) is 1. The summed E-state index contributed by atoms with van der Waals surface area (Å²) in [7, 11) is 1.96. The first kappa shape index (κ1) is 13.2. The Bertz CT molecular complexity index is 560. The molecule has 0 amide bonds. The van der Waals surface area contributed by atoms with Gasteiger partial charge in [0.1, 0.15) is 5.76 Å². The zero-order valence-corrected chi connectivity index (χ0v) is 11.9. The predicted octanol–water partition coefficient (Wildman–Crippen LogP) is 4.17. The summed E-state index contributed by atoms with van der Waals surface area (Å²) in [6, 6.07) is 6.32. The van der Waals surface area contributed by atoms with Gasteiger partial charge >= 0.3 is 0 Å². The summed E-state index contributed by atoms with van der Waals surface area (Å²) >= 11 is 6.15. The Balaban J connectivity index is 2.52. The van der Waals surface area contributed by atoms with E-state index in [-0.39, 0.29) is 6.04 Å². The van der Waals surface area contributed by atoms with Crippen LogP contribution in [0.25, 0.3) is 0 Å². The number of benzene rings is 1. The summed E-state index contributed by atoms with van der Waals surface area (Å²) in [5, 5.41) is 4.16. The van der Waals surface area contributed by atoms with Crippen LogP contribution in [0.15, 0.2) is 28.9 Å². The SMILES string of the molecule is CNC(c1cc(C)c(Cl)cc1C)c1ccoc1C. The third-order valence-corrected chi connectivity index (χ3v) is 3.76. The fourth-order valence-electron chi connectivity index (χ4n) is 2.29. The Hall–Kier alpha value is -1.25. The summed E-state index contributed by atoms with van der Waals surface area (Å²) in [6.07, 6.45) is 1.73. The number of nitrogens with one attached hydrogen (secondary N) is 1. The van der Waals surface area contributed by atoms with Gasteiger partial charge in [0.05, 0.1) is 12.3 Å². The van der Waals surface area contributed by atoms with E-state index in [4.69, 9.17) is 16.0 Å². The highest BCUT2D eigenvalue weighted by Crippen LogP contribution is 2.30. The minimum Gasteiger partial charge on any atom is -0.469 e. The third-order valence-electron chi connectivity index (χ3n) is 3.36. The Morgan fingerprint density at radius 3 is 2.39 bits per heavy atom. The molecule has 0 bridgehead atoms. The molecule has 1 heterocycles. The molecule has 3 heteroatoms. The van der Waals surface area contributed by atoms with E-state index in [9.17, 15) is 0 Å². The largest absolute Gasteiger partial charge is 0.469 e. The minimum absolute atomic E-state index is 0.139. The molecule has 0 saturated heterocycles. The highest BCUT2D eigenvalue weighted by atomic mass is 35.5. The molecule has 2 aromatic rings. The van der Waals surface area contributed by atoms with E-state index in [0.29, 0.717) is 0 Å². The molecule has 1 aromatic carbocycles. The molecule has 0 radical (unpaired) electrons. The minimum atomic E-state index is 0.139. The second-order valence-corrected chi connectivity index (χ2v) is 5.02. The molecule has 2 nitrogen and oxygen atoms in total. The lowest BCUT2D eigenvalue weighted by Crippen LogP contribution is -2.19. The molecule has 1 atom stereocenters. The van der Waals surface area contributed by atoms with Crippen molar-refractivity contribution in [3.8, 4) is 0 Å². The number of rotatable bonds is 3. The molecule has 0 aliphatic rings. The summed E-state index contributed by atoms with van der Waals surface area (Å²) in [4.78, 5) is 0. The van der Waals surface area contributed by atoms with Crippen molar-refractivity contribution in [3.05, 3.63) is 57.5 Å². The first-order chi connectivity index (χ1) is 8.54. The molecular weight excluding hydrogens is 246 g/mol. The average Bonchev–Trinajstić information content (AvgIpc) is 2.73. The van der Waals surface area contributed by atoms with Crippen molar-refractivity contribution in [1.29, 1.82) is 0 Å². The normalized spacial score (nSPS) is 12.7. The van der Waals surface area contributed by atoms with Crippen molar-refractivity contribution in [1.82, 2.24) is 5.32 Å². The molecule has 0 aliphatic carbocycles. The van der Waals surface area contributed by atoms with Crippen LogP contribution in [-0.2, 0) is 0 Å². The van der Waals surface area contributed by atoms with Crippen LogP contribution in [-0.4, -0.2) is 7.05 Å². The van der Waals surface area contributed by atoms with E-state index in [1.807, 2.05) is 33.0 Å². The van der Waals surface area contributed by atoms with Crippen LogP contribution in [0.5, 0.6) is 0 Å². The molecule has 2 rings (SSSR count). The van der Waals surface area contributed by atoms with E-state index in [0.717, 1.165) is 16.3 Å². The quantitative estimate of drug-likeness (QED) is 0.899. The lowest BCUT2D eigenvalue weighted by Gasteiger charge is -2.19. The smallest absolute Gasteiger partial charge is 0.105 e. The lowest BCUT2D eigenvalue weighted by molar-refractivity contribution is 0.523. The fourth-order valence-corrected chi connectivity index (χ4v) is 2.51. The summed E-state index contributed by atoms with van der Waals surface area (Å²) < 4.78 is 5.40. The Kier molecular flexibility index (Phi) is 3.79. The van der Waals surface area contributed by atoms with Crippen molar-refractivity contribution in [2.24, 2.45) is 0 Å². The van der Waals surface area contributed by atoms with Gasteiger partial charge in [-0.3, -0.25) is 0 Å². The molecule has 0 aliphatic heterocycles. The van der Waals surface area contributed by atoms with Crippen molar-refractivity contribution >= 4 is 11.6 Å². The molecule has 0 fully saturated rings. The van der Waals surface area contributed by atoms with Crippen molar-refractivity contribution in [2.45, 2.75) is 26.8 Å². The fraction of sp³-hybridized carbons (Fsp3) is 0.333. The van der Waals surface area contributed by atoms with Crippen LogP contribution >= 0.6 is 11.6 Å². The van der Waals surface area contributed by atoms with Crippen LogP contribution in [0.2, 0.25) is 5.02 Å². The van der Waals surface area contributed by atoms with Crippen LogP contribution < -0.4 is 5.32 Å². The van der Waals surface area contributed by atoms with Crippen LogP contribution in [0.4, 0.5) is 0 Å². The molecule has 1 unspecified atom stereocenters. The van der Waals surface area contributed by atoms with Gasteiger partial charge in [-0.25, -0.2) is 0 Å². The van der Waals surface area contributed by atoms with Gasteiger partial charge in [0.15, 0.2) is 0 Å². The zero-order valence-electron chi connectivity index (χ0n) is 11.2. The highest BCUT2D eigenvalue weighted by Gasteiger charge is 2.18. The lowest BCUT2D eigenvalue weighted by atomic mass is 9.94. The van der Waals surface area contributed by atoms with Crippen LogP contribution in [0.3, 0.4) is 0 Å². The van der Waals surface area contributed by atoms with Gasteiger partial charge < -0.3 is 9.73 Å². The van der Waals surface area contributed by atoms with E-state index < -0.39 is 0 Å². The van der Waals surface area contributed by atoms with E-state index in [2.05, 4.69) is 18.3 Å². The van der Waals surface area contributed by atoms with Crippen molar-refractivity contribution < 1.29 is 4.42 Å². The van der Waals surface area contributed by atoms with Gasteiger partial charge in [-0.2, -0.15) is 0 Å². The van der Waals surface area contributed by atoms with Gasteiger partial charge in [-0.1, -0.05) is 17.7 Å². The highest BCUT2D eigenvalue weighted by molar-refractivity contribution is 6.31. The number of hydrogen-bond acceptors (Lipinski definition) is 2. The Labute approximate surface area is 113 Å². The maximum atomic E-state index is 6.15. The molecular formula is C15H18ClNO. The monoisotopic (exact) mass is 263 g/mol. The molecule has 18 heavy (non-hydrogen) atoms. The summed E-state index contributed by atoms with van der Waals surface area (Å²) in [5.74, 6) is 0.946. The van der Waals surface area contributed by atoms with Gasteiger partial charge in [0.25, 0.3) is 0 Å². The van der Waals surface area contributed by atoms with Crippen molar-refractivity contribution in [3.63, 3.8) is 0 Å². The van der Waals surface area contributed by atoms with Gasteiger partial charge in [0.2, 0.25) is 0 Å². The molecule has 96 valence electrons. The second-order valence-electron chi connectivity index (χ2n) is 4.61.